The van der Waals surface area contributed by atoms with Crippen molar-refractivity contribution < 1.29 is 19.3 Å². The predicted molar refractivity (Wildman–Crippen MR) is 152 cm³/mol. The molecule has 1 spiro atoms. The van der Waals surface area contributed by atoms with Crippen LogP contribution in [0.2, 0.25) is 0 Å². The summed E-state index contributed by atoms with van der Waals surface area (Å²) in [4.78, 5) is 56.4. The van der Waals surface area contributed by atoms with Crippen molar-refractivity contribution in [1.29, 1.82) is 0 Å². The zero-order valence-electron chi connectivity index (χ0n) is 21.6. The first kappa shape index (κ1) is 24.7. The minimum atomic E-state index is -1.45. The van der Waals surface area contributed by atoms with Crippen LogP contribution in [0.5, 0.6) is 0 Å². The molecule has 3 aliphatic heterocycles. The van der Waals surface area contributed by atoms with Crippen LogP contribution in [-0.2, 0) is 10.2 Å². The molecule has 0 radical (unpaired) electrons. The molecule has 7 rings (SSSR count). The van der Waals surface area contributed by atoms with E-state index in [4.69, 9.17) is 0 Å². The van der Waals surface area contributed by atoms with Crippen LogP contribution in [-0.4, -0.2) is 33.3 Å². The van der Waals surface area contributed by atoms with E-state index in [0.29, 0.717) is 16.8 Å². The first-order valence-electron chi connectivity index (χ1n) is 13.3. The average Bonchev–Trinajstić information content (AvgIpc) is 3.49. The highest BCUT2D eigenvalue weighted by Gasteiger charge is 2.70. The number of nitrogens with one attached hydrogen (secondary N) is 1. The molecule has 1 N–H and O–H groups in total. The number of para-hydroxylation sites is 1. The Morgan fingerprint density at radius 3 is 2.34 bits per heavy atom. The molecule has 0 unspecified atom stereocenters. The minimum Gasteiger partial charge on any atom is -0.358 e. The summed E-state index contributed by atoms with van der Waals surface area (Å²) in [5, 5.41) is 14.6. The van der Waals surface area contributed by atoms with E-state index in [1.165, 1.54) is 24.3 Å². The number of anilines is 1. The van der Waals surface area contributed by atoms with Gasteiger partial charge < -0.3 is 10.2 Å². The van der Waals surface area contributed by atoms with Gasteiger partial charge in [0.1, 0.15) is 11.5 Å². The van der Waals surface area contributed by atoms with Crippen LogP contribution in [0.1, 0.15) is 43.4 Å². The molecule has 8 nitrogen and oxygen atoms in total. The number of carbonyl (C=O) groups is 3. The summed E-state index contributed by atoms with van der Waals surface area (Å²) in [6.07, 6.45) is 3.66. The molecule has 1 saturated heterocycles. The van der Waals surface area contributed by atoms with Gasteiger partial charge in [0.25, 0.3) is 5.69 Å². The highest BCUT2D eigenvalue weighted by atomic mass is 16.6. The van der Waals surface area contributed by atoms with Crippen LogP contribution in [0.4, 0.5) is 11.4 Å². The summed E-state index contributed by atoms with van der Waals surface area (Å²) < 4.78 is 0. The number of nitrogens with zero attached hydrogens (tertiary/aromatic N) is 2. The predicted octanol–water partition coefficient (Wildman–Crippen LogP) is 5.58. The second-order valence-corrected chi connectivity index (χ2v) is 10.5. The van der Waals surface area contributed by atoms with E-state index >= 15 is 0 Å². The lowest BCUT2D eigenvalue weighted by Crippen LogP contribution is -2.49. The number of nitro groups is 1. The van der Waals surface area contributed by atoms with Gasteiger partial charge in [-0.05, 0) is 28.8 Å². The van der Waals surface area contributed by atoms with E-state index in [1.807, 2.05) is 53.4 Å². The Kier molecular flexibility index (Phi) is 5.47. The van der Waals surface area contributed by atoms with Crippen molar-refractivity contribution in [2.24, 2.45) is 5.92 Å². The van der Waals surface area contributed by atoms with E-state index in [1.54, 1.807) is 42.6 Å². The Bertz CT molecular complexity index is 1800. The van der Waals surface area contributed by atoms with Crippen molar-refractivity contribution in [3.05, 3.63) is 147 Å². The monoisotopic (exact) mass is 541 g/mol. The van der Waals surface area contributed by atoms with Crippen molar-refractivity contribution in [3.63, 3.8) is 0 Å². The molecule has 4 atom stereocenters. The lowest BCUT2D eigenvalue weighted by atomic mass is 9.62. The average molecular weight is 542 g/mol. The number of rotatable bonds is 5. The highest BCUT2D eigenvalue weighted by Crippen LogP contribution is 2.62. The number of benzene rings is 4. The number of carbonyl (C=O) groups excluding carboxylic acids is 3. The number of hydrogen-bond donors (Lipinski definition) is 1. The molecule has 0 aromatic heterocycles. The summed E-state index contributed by atoms with van der Waals surface area (Å²) in [7, 11) is 0. The van der Waals surface area contributed by atoms with Crippen molar-refractivity contribution in [3.8, 4) is 0 Å². The Morgan fingerprint density at radius 2 is 1.54 bits per heavy atom. The number of non-ortho nitro benzene ring substituents is 1. The van der Waals surface area contributed by atoms with Crippen LogP contribution in [0.15, 0.2) is 109 Å². The fourth-order valence-corrected chi connectivity index (χ4v) is 6.89. The molecule has 3 heterocycles. The maximum absolute atomic E-state index is 14.6. The molecule has 0 aliphatic carbocycles. The fourth-order valence-electron chi connectivity index (χ4n) is 6.89. The lowest BCUT2D eigenvalue weighted by Gasteiger charge is -2.38. The van der Waals surface area contributed by atoms with Crippen LogP contribution in [0.25, 0.3) is 6.08 Å². The molecule has 0 saturated carbocycles. The Hall–Kier alpha value is -5.37. The van der Waals surface area contributed by atoms with E-state index in [-0.39, 0.29) is 22.9 Å². The van der Waals surface area contributed by atoms with Gasteiger partial charge in [0.15, 0.2) is 11.6 Å². The van der Waals surface area contributed by atoms with Crippen LogP contribution < -0.4 is 5.32 Å². The highest BCUT2D eigenvalue weighted by molar-refractivity contribution is 6.16. The number of amides is 1. The van der Waals surface area contributed by atoms with E-state index in [2.05, 4.69) is 5.32 Å². The van der Waals surface area contributed by atoms with Gasteiger partial charge in [-0.25, -0.2) is 0 Å². The van der Waals surface area contributed by atoms with Gasteiger partial charge in [0.05, 0.1) is 16.9 Å². The van der Waals surface area contributed by atoms with Gasteiger partial charge >= 0.3 is 0 Å². The summed E-state index contributed by atoms with van der Waals surface area (Å²) in [6.45, 7) is 0. The molecular formula is C33H23N3O5. The van der Waals surface area contributed by atoms with Crippen LogP contribution in [0.3, 0.4) is 0 Å². The van der Waals surface area contributed by atoms with Gasteiger partial charge in [-0.15, -0.1) is 0 Å². The molecule has 4 aromatic rings. The summed E-state index contributed by atoms with van der Waals surface area (Å²) >= 11 is 0. The molecule has 1 amide bonds. The summed E-state index contributed by atoms with van der Waals surface area (Å²) in [6, 6.07) is 27.3. The molecule has 4 aromatic carbocycles. The van der Waals surface area contributed by atoms with Crippen molar-refractivity contribution in [1.82, 2.24) is 4.90 Å². The van der Waals surface area contributed by atoms with Gasteiger partial charge in [-0.1, -0.05) is 84.9 Å². The Balaban J connectivity index is 1.53. The third-order valence-electron chi connectivity index (χ3n) is 8.52. The molecule has 1 fully saturated rings. The van der Waals surface area contributed by atoms with Crippen molar-refractivity contribution in [2.45, 2.75) is 17.5 Å². The second-order valence-electron chi connectivity index (χ2n) is 10.5. The molecule has 0 bridgehead atoms. The largest absolute Gasteiger partial charge is 0.358 e. The quantitative estimate of drug-likeness (QED) is 0.201. The number of Topliss-reactive ketones (excluding diaryl/α,β-unsaturated/α-hetero) is 2. The number of ketones is 2. The first-order chi connectivity index (χ1) is 19.9. The third kappa shape index (κ3) is 3.43. The zero-order chi connectivity index (χ0) is 28.3. The van der Waals surface area contributed by atoms with E-state index in [0.717, 1.165) is 11.1 Å². The fraction of sp³-hybridized carbons (Fsp3) is 0.121. The molecule has 3 aliphatic rings. The Labute approximate surface area is 235 Å². The summed E-state index contributed by atoms with van der Waals surface area (Å²) in [5.74, 6) is -2.31. The maximum atomic E-state index is 14.6. The van der Waals surface area contributed by atoms with Crippen LogP contribution >= 0.6 is 0 Å². The smallest absolute Gasteiger partial charge is 0.270 e. The molecule has 41 heavy (non-hydrogen) atoms. The minimum absolute atomic E-state index is 0.102. The van der Waals surface area contributed by atoms with E-state index in [9.17, 15) is 24.5 Å². The number of fused-ring (bicyclic) bond motifs is 6. The molecule has 8 heteroatoms. The molecular weight excluding hydrogens is 518 g/mol. The Morgan fingerprint density at radius 1 is 0.829 bits per heavy atom. The first-order valence-corrected chi connectivity index (χ1v) is 13.3. The topological polar surface area (TPSA) is 110 Å². The van der Waals surface area contributed by atoms with Gasteiger partial charge in [0, 0.05) is 35.1 Å². The standard InChI is InChI=1S/C33H23N3O5/c37-29(21-10-2-1-3-11-21)27-28(30(38)22-12-8-13-23(19-22)36(40)41)35-18-17-20-9-4-5-14-24(20)31(35)33(27)25-15-6-7-16-26(25)34-32(33)39/h1-19,27-28,31H,(H,34,39)/t27-,28+,31-,33+/m1/s1. The third-order valence-corrected chi connectivity index (χ3v) is 8.52. The number of nitro benzene ring substituents is 1. The van der Waals surface area contributed by atoms with E-state index < -0.39 is 34.1 Å². The van der Waals surface area contributed by atoms with Gasteiger partial charge in [-0.3, -0.25) is 24.5 Å². The van der Waals surface area contributed by atoms with Gasteiger partial charge in [0.2, 0.25) is 5.91 Å². The second kappa shape index (κ2) is 9.09. The maximum Gasteiger partial charge on any atom is 0.270 e. The zero-order valence-corrected chi connectivity index (χ0v) is 21.6. The van der Waals surface area contributed by atoms with Crippen molar-refractivity contribution >= 4 is 34.9 Å². The number of hydrogen-bond acceptors (Lipinski definition) is 6. The lowest BCUT2D eigenvalue weighted by molar-refractivity contribution is -0.384. The van der Waals surface area contributed by atoms with Crippen molar-refractivity contribution in [2.75, 3.05) is 5.32 Å². The van der Waals surface area contributed by atoms with Crippen LogP contribution in [0, 0.1) is 16.0 Å². The SMILES string of the molecule is O=C(c1cccc([N+](=O)[O-])c1)[C@@H]1[C@H](C(=O)c2ccccc2)[C@]2(C(=O)Nc3ccccc32)[C@H]2c3ccccc3C=CN12. The normalized spacial score (nSPS) is 23.5. The van der Waals surface area contributed by atoms with Gasteiger partial charge in [-0.2, -0.15) is 0 Å². The molecule has 200 valence electrons. The summed E-state index contributed by atoms with van der Waals surface area (Å²) in [5.41, 5.74) is 1.75.